The van der Waals surface area contributed by atoms with Crippen molar-refractivity contribution in [2.75, 3.05) is 20.1 Å². The molecule has 4 N–H and O–H groups in total. The summed E-state index contributed by atoms with van der Waals surface area (Å²) in [6, 6.07) is 1.57. The lowest BCUT2D eigenvalue weighted by Gasteiger charge is -2.29. The van der Waals surface area contributed by atoms with Crippen LogP contribution in [0, 0.1) is 0 Å². The number of rotatable bonds is 4. The number of piperidine rings is 1. The molecule has 0 spiro atoms. The summed E-state index contributed by atoms with van der Waals surface area (Å²) in [6.45, 7) is 2.09. The van der Waals surface area contributed by atoms with Crippen LogP contribution in [0.25, 0.3) is 0 Å². The summed E-state index contributed by atoms with van der Waals surface area (Å²) in [4.78, 5) is 5.25. The van der Waals surface area contributed by atoms with Crippen molar-refractivity contribution in [3.8, 4) is 0 Å². The highest BCUT2D eigenvalue weighted by molar-refractivity contribution is 7.89. The fourth-order valence-electron chi connectivity index (χ4n) is 2.24. The van der Waals surface area contributed by atoms with Crippen LogP contribution in [0.3, 0.4) is 0 Å². The van der Waals surface area contributed by atoms with Crippen LogP contribution in [-0.2, 0) is 16.6 Å². The fourth-order valence-corrected chi connectivity index (χ4v) is 3.52. The van der Waals surface area contributed by atoms with Gasteiger partial charge in [-0.15, -0.1) is 0 Å². The number of H-pyrrole nitrogens is 1. The summed E-state index contributed by atoms with van der Waals surface area (Å²) < 4.78 is 27.0. The van der Waals surface area contributed by atoms with E-state index in [4.69, 9.17) is 5.73 Å². The first-order valence-corrected chi connectivity index (χ1v) is 7.58. The maximum atomic E-state index is 12.1. The van der Waals surface area contributed by atoms with Gasteiger partial charge in [0.25, 0.3) is 0 Å². The SMILES string of the molecule is CN1CCCC(NS(=O)(=O)c2c[nH]c(CN)c2)C1. The second-order valence-electron chi connectivity index (χ2n) is 4.79. The smallest absolute Gasteiger partial charge is 0.242 e. The average molecular weight is 272 g/mol. The van der Waals surface area contributed by atoms with Gasteiger partial charge in [-0.1, -0.05) is 0 Å². The number of sulfonamides is 1. The Hall–Kier alpha value is -0.890. The van der Waals surface area contributed by atoms with Gasteiger partial charge in [0.05, 0.1) is 4.90 Å². The molecule has 2 rings (SSSR count). The van der Waals surface area contributed by atoms with Crippen molar-refractivity contribution in [2.45, 2.75) is 30.3 Å². The quantitative estimate of drug-likeness (QED) is 0.710. The van der Waals surface area contributed by atoms with Crippen molar-refractivity contribution < 1.29 is 8.42 Å². The number of aromatic amines is 1. The molecular formula is C11H20N4O2S. The number of likely N-dealkylation sites (tertiary alicyclic amines) is 1. The van der Waals surface area contributed by atoms with Gasteiger partial charge in [-0.2, -0.15) is 0 Å². The molecule has 1 atom stereocenters. The molecule has 0 aromatic carbocycles. The molecule has 0 saturated carbocycles. The number of nitrogens with two attached hydrogens (primary N) is 1. The lowest BCUT2D eigenvalue weighted by Crippen LogP contribution is -2.46. The predicted octanol–water partition coefficient (Wildman–Crippen LogP) is -0.154. The Kier molecular flexibility index (Phi) is 4.06. The van der Waals surface area contributed by atoms with E-state index in [0.717, 1.165) is 31.6 Å². The molecule has 1 aromatic heterocycles. The number of likely N-dealkylation sites (N-methyl/N-ethyl adjacent to an activating group) is 1. The molecule has 0 aliphatic carbocycles. The van der Waals surface area contributed by atoms with Crippen LogP contribution >= 0.6 is 0 Å². The van der Waals surface area contributed by atoms with Crippen LogP contribution < -0.4 is 10.5 Å². The van der Waals surface area contributed by atoms with Gasteiger partial charge in [-0.25, -0.2) is 13.1 Å². The highest BCUT2D eigenvalue weighted by Gasteiger charge is 2.24. The summed E-state index contributed by atoms with van der Waals surface area (Å²) in [7, 11) is -1.43. The van der Waals surface area contributed by atoms with Gasteiger partial charge in [0.15, 0.2) is 0 Å². The topological polar surface area (TPSA) is 91.2 Å². The molecule has 0 amide bonds. The molecule has 102 valence electrons. The first-order valence-electron chi connectivity index (χ1n) is 6.09. The van der Waals surface area contributed by atoms with Crippen LogP contribution in [0.2, 0.25) is 0 Å². The van der Waals surface area contributed by atoms with Crippen molar-refractivity contribution in [1.29, 1.82) is 0 Å². The molecule has 1 saturated heterocycles. The summed E-state index contributed by atoms with van der Waals surface area (Å²) in [5.74, 6) is 0. The largest absolute Gasteiger partial charge is 0.363 e. The van der Waals surface area contributed by atoms with E-state index in [1.807, 2.05) is 7.05 Å². The second-order valence-corrected chi connectivity index (χ2v) is 6.50. The maximum Gasteiger partial charge on any atom is 0.242 e. The molecule has 1 aromatic rings. The molecule has 1 aliphatic rings. The molecular weight excluding hydrogens is 252 g/mol. The van der Waals surface area contributed by atoms with Crippen molar-refractivity contribution in [3.05, 3.63) is 18.0 Å². The lowest BCUT2D eigenvalue weighted by molar-refractivity contribution is 0.242. The normalized spacial score (nSPS) is 22.2. The van der Waals surface area contributed by atoms with E-state index in [9.17, 15) is 8.42 Å². The maximum absolute atomic E-state index is 12.1. The molecule has 0 bridgehead atoms. The minimum absolute atomic E-state index is 0.00928. The number of nitrogens with one attached hydrogen (secondary N) is 2. The van der Waals surface area contributed by atoms with Crippen LogP contribution in [0.4, 0.5) is 0 Å². The van der Waals surface area contributed by atoms with Crippen LogP contribution in [0.1, 0.15) is 18.5 Å². The molecule has 1 unspecified atom stereocenters. The van der Waals surface area contributed by atoms with Crippen molar-refractivity contribution in [2.24, 2.45) is 5.73 Å². The Labute approximate surface area is 108 Å². The van der Waals surface area contributed by atoms with E-state index < -0.39 is 10.0 Å². The van der Waals surface area contributed by atoms with Gasteiger partial charge < -0.3 is 15.6 Å². The summed E-state index contributed by atoms with van der Waals surface area (Å²) in [5, 5.41) is 0. The molecule has 6 nitrogen and oxygen atoms in total. The molecule has 1 fully saturated rings. The van der Waals surface area contributed by atoms with Crippen molar-refractivity contribution in [1.82, 2.24) is 14.6 Å². The predicted molar refractivity (Wildman–Crippen MR) is 69.5 cm³/mol. The highest BCUT2D eigenvalue weighted by Crippen LogP contribution is 2.14. The Balaban J connectivity index is 2.06. The van der Waals surface area contributed by atoms with Crippen LogP contribution in [0.15, 0.2) is 17.2 Å². The monoisotopic (exact) mass is 272 g/mol. The number of aromatic nitrogens is 1. The lowest BCUT2D eigenvalue weighted by atomic mass is 10.1. The molecule has 2 heterocycles. The molecule has 7 heteroatoms. The third-order valence-electron chi connectivity index (χ3n) is 3.19. The molecule has 0 radical (unpaired) electrons. The van der Waals surface area contributed by atoms with Gasteiger partial charge >= 0.3 is 0 Å². The van der Waals surface area contributed by atoms with E-state index in [1.54, 1.807) is 6.07 Å². The van der Waals surface area contributed by atoms with Crippen LogP contribution in [0.5, 0.6) is 0 Å². The van der Waals surface area contributed by atoms with Gasteiger partial charge in [0.2, 0.25) is 10.0 Å². The Bertz CT molecular complexity index is 497. The zero-order valence-electron chi connectivity index (χ0n) is 10.5. The Morgan fingerprint density at radius 1 is 1.61 bits per heavy atom. The van der Waals surface area contributed by atoms with E-state index in [0.29, 0.717) is 6.54 Å². The van der Waals surface area contributed by atoms with E-state index in [-0.39, 0.29) is 10.9 Å². The third kappa shape index (κ3) is 3.11. The number of hydrogen-bond acceptors (Lipinski definition) is 4. The van der Waals surface area contributed by atoms with Gasteiger partial charge in [-0.05, 0) is 32.5 Å². The van der Waals surface area contributed by atoms with Crippen LogP contribution in [-0.4, -0.2) is 44.5 Å². The molecule has 18 heavy (non-hydrogen) atoms. The minimum Gasteiger partial charge on any atom is -0.363 e. The van der Waals surface area contributed by atoms with E-state index in [2.05, 4.69) is 14.6 Å². The minimum atomic E-state index is -3.44. The summed E-state index contributed by atoms with van der Waals surface area (Å²) in [5.41, 5.74) is 6.17. The van der Waals surface area contributed by atoms with E-state index >= 15 is 0 Å². The third-order valence-corrected chi connectivity index (χ3v) is 4.69. The highest BCUT2D eigenvalue weighted by atomic mass is 32.2. The number of nitrogens with zero attached hydrogens (tertiary/aromatic N) is 1. The summed E-state index contributed by atoms with van der Waals surface area (Å²) >= 11 is 0. The standard InChI is InChI=1S/C11H20N4O2S/c1-15-4-2-3-9(8-15)14-18(16,17)11-5-10(6-12)13-7-11/h5,7,9,13-14H,2-4,6,8,12H2,1H3. The first-order chi connectivity index (χ1) is 8.51. The first kappa shape index (κ1) is 13.5. The fraction of sp³-hybridized carbons (Fsp3) is 0.636. The number of hydrogen-bond donors (Lipinski definition) is 3. The Morgan fingerprint density at radius 3 is 3.00 bits per heavy atom. The molecule has 1 aliphatic heterocycles. The van der Waals surface area contributed by atoms with Gasteiger partial charge in [0.1, 0.15) is 0 Å². The van der Waals surface area contributed by atoms with Crippen molar-refractivity contribution in [3.63, 3.8) is 0 Å². The van der Waals surface area contributed by atoms with Crippen molar-refractivity contribution >= 4 is 10.0 Å². The zero-order valence-corrected chi connectivity index (χ0v) is 11.3. The zero-order chi connectivity index (χ0) is 13.2. The van der Waals surface area contributed by atoms with Gasteiger partial charge in [-0.3, -0.25) is 0 Å². The second kappa shape index (κ2) is 5.40. The Morgan fingerprint density at radius 2 is 2.39 bits per heavy atom. The summed E-state index contributed by atoms with van der Waals surface area (Å²) in [6.07, 6.45) is 3.39. The van der Waals surface area contributed by atoms with E-state index in [1.165, 1.54) is 6.20 Å². The van der Waals surface area contributed by atoms with Gasteiger partial charge in [0, 0.05) is 31.0 Å². The average Bonchev–Trinajstić information content (AvgIpc) is 2.77.